The van der Waals surface area contributed by atoms with E-state index in [4.69, 9.17) is 21.1 Å². The zero-order valence-electron chi connectivity index (χ0n) is 14.7. The zero-order chi connectivity index (χ0) is 19.4. The van der Waals surface area contributed by atoms with Crippen LogP contribution in [0.15, 0.2) is 23.1 Å². The van der Waals surface area contributed by atoms with Gasteiger partial charge in [0.2, 0.25) is 5.91 Å². The molecule has 0 aromatic heterocycles. The summed E-state index contributed by atoms with van der Waals surface area (Å²) in [5, 5.41) is 2.64. The highest BCUT2D eigenvalue weighted by Crippen LogP contribution is 2.33. The van der Waals surface area contributed by atoms with E-state index in [1.165, 1.54) is 7.11 Å². The summed E-state index contributed by atoms with van der Waals surface area (Å²) in [6.07, 6.45) is 3.45. The second kappa shape index (κ2) is 8.77. The Hall–Kier alpha value is -2.03. The van der Waals surface area contributed by atoms with Crippen LogP contribution in [-0.4, -0.2) is 54.9 Å². The number of nitrogens with zero attached hydrogens (tertiary/aromatic N) is 1. The molecule has 0 unspecified atom stereocenters. The molecule has 2 fully saturated rings. The van der Waals surface area contributed by atoms with E-state index in [0.717, 1.165) is 29.5 Å². The molecule has 1 aromatic rings. The molecule has 1 atom stereocenters. The Bertz CT molecular complexity index is 792. The summed E-state index contributed by atoms with van der Waals surface area (Å²) in [4.78, 5) is 37.8. The van der Waals surface area contributed by atoms with Gasteiger partial charge in [0.1, 0.15) is 12.3 Å². The first kappa shape index (κ1) is 19.7. The van der Waals surface area contributed by atoms with Gasteiger partial charge in [-0.3, -0.25) is 19.3 Å². The number of nitrogens with one attached hydrogen (secondary N) is 1. The van der Waals surface area contributed by atoms with Gasteiger partial charge in [-0.15, -0.1) is 0 Å². The summed E-state index contributed by atoms with van der Waals surface area (Å²) in [6, 6.07) is 5.05. The van der Waals surface area contributed by atoms with Crippen LogP contribution in [0.4, 0.5) is 4.79 Å². The van der Waals surface area contributed by atoms with E-state index in [2.05, 4.69) is 5.32 Å². The molecule has 0 bridgehead atoms. The van der Waals surface area contributed by atoms with Crippen LogP contribution in [0.2, 0.25) is 5.02 Å². The molecule has 7 nitrogen and oxygen atoms in total. The Morgan fingerprint density at radius 2 is 2.30 bits per heavy atom. The second-order valence-corrected chi connectivity index (χ2v) is 7.50. The van der Waals surface area contributed by atoms with Crippen molar-refractivity contribution in [3.8, 4) is 5.75 Å². The molecule has 0 radical (unpaired) electrons. The van der Waals surface area contributed by atoms with E-state index in [-0.39, 0.29) is 23.5 Å². The monoisotopic (exact) mass is 410 g/mol. The van der Waals surface area contributed by atoms with Gasteiger partial charge in [0.15, 0.2) is 0 Å². The van der Waals surface area contributed by atoms with Gasteiger partial charge in [0, 0.05) is 13.2 Å². The zero-order valence-corrected chi connectivity index (χ0v) is 16.3. The van der Waals surface area contributed by atoms with Crippen LogP contribution in [0.1, 0.15) is 18.4 Å². The van der Waals surface area contributed by atoms with Crippen molar-refractivity contribution >= 4 is 46.5 Å². The smallest absolute Gasteiger partial charge is 0.294 e. The Morgan fingerprint density at radius 3 is 2.96 bits per heavy atom. The molecule has 0 aliphatic carbocycles. The lowest BCUT2D eigenvalue weighted by Crippen LogP contribution is -2.41. The van der Waals surface area contributed by atoms with Crippen molar-refractivity contribution in [3.05, 3.63) is 33.7 Å². The van der Waals surface area contributed by atoms with Crippen molar-refractivity contribution in [2.24, 2.45) is 0 Å². The topological polar surface area (TPSA) is 84.9 Å². The average Bonchev–Trinajstić information content (AvgIpc) is 3.24. The number of rotatable bonds is 6. The van der Waals surface area contributed by atoms with E-state index in [1.807, 2.05) is 0 Å². The van der Waals surface area contributed by atoms with E-state index in [1.54, 1.807) is 24.3 Å². The summed E-state index contributed by atoms with van der Waals surface area (Å²) >= 11 is 6.88. The Balaban J connectivity index is 1.62. The minimum Gasteiger partial charge on any atom is -0.495 e. The number of halogens is 1. The lowest BCUT2D eigenvalue weighted by atomic mass is 10.2. The minimum atomic E-state index is -0.496. The quantitative estimate of drug-likeness (QED) is 0.726. The van der Waals surface area contributed by atoms with Gasteiger partial charge >= 0.3 is 0 Å². The fourth-order valence-electron chi connectivity index (χ4n) is 2.79. The fraction of sp³-hybridized carbons (Fsp3) is 0.389. The number of methoxy groups -OCH3 is 1. The fourth-order valence-corrected chi connectivity index (χ4v) is 3.90. The Kier molecular flexibility index (Phi) is 6.41. The summed E-state index contributed by atoms with van der Waals surface area (Å²) in [5.74, 6) is -0.365. The summed E-state index contributed by atoms with van der Waals surface area (Å²) in [5.41, 5.74) is 0.661. The van der Waals surface area contributed by atoms with Crippen LogP contribution in [-0.2, 0) is 14.3 Å². The third-order valence-corrected chi connectivity index (χ3v) is 5.40. The van der Waals surface area contributed by atoms with E-state index in [9.17, 15) is 14.4 Å². The van der Waals surface area contributed by atoms with Crippen LogP contribution in [0.5, 0.6) is 5.75 Å². The molecule has 144 valence electrons. The van der Waals surface area contributed by atoms with Crippen molar-refractivity contribution < 1.29 is 23.9 Å². The molecule has 1 aromatic carbocycles. The van der Waals surface area contributed by atoms with Gasteiger partial charge in [-0.2, -0.15) is 0 Å². The molecule has 27 heavy (non-hydrogen) atoms. The van der Waals surface area contributed by atoms with Gasteiger partial charge in [-0.1, -0.05) is 17.7 Å². The van der Waals surface area contributed by atoms with Crippen LogP contribution >= 0.6 is 23.4 Å². The highest BCUT2D eigenvalue weighted by molar-refractivity contribution is 8.18. The Morgan fingerprint density at radius 1 is 1.48 bits per heavy atom. The maximum Gasteiger partial charge on any atom is 0.294 e. The number of amides is 3. The Labute approximate surface area is 166 Å². The number of imide groups is 1. The van der Waals surface area contributed by atoms with Crippen molar-refractivity contribution in [2.75, 3.05) is 26.8 Å². The van der Waals surface area contributed by atoms with E-state index in [0.29, 0.717) is 29.5 Å². The third-order valence-electron chi connectivity index (χ3n) is 4.20. The molecule has 9 heteroatoms. The molecular weight excluding hydrogens is 392 g/mol. The van der Waals surface area contributed by atoms with E-state index < -0.39 is 11.1 Å². The van der Waals surface area contributed by atoms with Crippen molar-refractivity contribution in [1.29, 1.82) is 0 Å². The first-order valence-corrected chi connectivity index (χ1v) is 9.64. The maximum absolute atomic E-state index is 12.5. The minimum absolute atomic E-state index is 0.00332. The third kappa shape index (κ3) is 4.82. The first-order valence-electron chi connectivity index (χ1n) is 8.45. The van der Waals surface area contributed by atoms with Crippen molar-refractivity contribution in [3.63, 3.8) is 0 Å². The van der Waals surface area contributed by atoms with Gasteiger partial charge in [0.25, 0.3) is 11.1 Å². The average molecular weight is 411 g/mol. The van der Waals surface area contributed by atoms with Crippen LogP contribution < -0.4 is 10.1 Å². The summed E-state index contributed by atoms with van der Waals surface area (Å²) in [6.45, 7) is 0.775. The first-order chi connectivity index (χ1) is 13.0. The number of carbonyl (C=O) groups excluding carboxylic acids is 3. The lowest BCUT2D eigenvalue weighted by molar-refractivity contribution is -0.129. The number of carbonyl (C=O) groups is 3. The number of thioether (sulfide) groups is 1. The van der Waals surface area contributed by atoms with Crippen LogP contribution in [0.25, 0.3) is 6.08 Å². The number of hydrogen-bond donors (Lipinski definition) is 1. The van der Waals surface area contributed by atoms with Crippen LogP contribution in [0.3, 0.4) is 0 Å². The van der Waals surface area contributed by atoms with Crippen LogP contribution in [0, 0.1) is 0 Å². The van der Waals surface area contributed by atoms with E-state index >= 15 is 0 Å². The highest BCUT2D eigenvalue weighted by atomic mass is 35.5. The standard InChI is InChI=1S/C18H19ClN2O5S/c1-25-14-5-4-11(7-13(14)19)8-15-17(23)21(18(24)27-15)10-16(22)20-9-12-3-2-6-26-12/h4-5,7-8,12H,2-3,6,9-10H2,1H3,(H,20,22)/b15-8-/t12-/m0/s1. The summed E-state index contributed by atoms with van der Waals surface area (Å²) < 4.78 is 10.5. The second-order valence-electron chi connectivity index (χ2n) is 6.10. The number of benzene rings is 1. The molecule has 3 rings (SSSR count). The molecule has 2 heterocycles. The van der Waals surface area contributed by atoms with Gasteiger partial charge in [0.05, 0.1) is 23.1 Å². The molecular formula is C18H19ClN2O5S. The molecule has 2 aliphatic heterocycles. The van der Waals surface area contributed by atoms with Crippen molar-refractivity contribution in [1.82, 2.24) is 10.2 Å². The maximum atomic E-state index is 12.5. The largest absolute Gasteiger partial charge is 0.495 e. The SMILES string of the molecule is COc1ccc(/C=C2\SC(=O)N(CC(=O)NC[C@@H]3CCCO3)C2=O)cc1Cl. The normalized spacial score (nSPS) is 21.2. The predicted octanol–water partition coefficient (Wildman–Crippen LogP) is 2.68. The van der Waals surface area contributed by atoms with Gasteiger partial charge in [-0.25, -0.2) is 0 Å². The molecule has 3 amide bonds. The molecule has 1 N–H and O–H groups in total. The van der Waals surface area contributed by atoms with Gasteiger partial charge < -0.3 is 14.8 Å². The lowest BCUT2D eigenvalue weighted by Gasteiger charge is -2.14. The predicted molar refractivity (Wildman–Crippen MR) is 103 cm³/mol. The number of ether oxygens (including phenoxy) is 2. The molecule has 2 saturated heterocycles. The van der Waals surface area contributed by atoms with Gasteiger partial charge in [-0.05, 0) is 48.4 Å². The summed E-state index contributed by atoms with van der Waals surface area (Å²) in [7, 11) is 1.51. The molecule has 0 spiro atoms. The highest BCUT2D eigenvalue weighted by Gasteiger charge is 2.36. The molecule has 2 aliphatic rings. The molecule has 0 saturated carbocycles. The number of hydrogen-bond acceptors (Lipinski definition) is 6. The van der Waals surface area contributed by atoms with Crippen molar-refractivity contribution in [2.45, 2.75) is 18.9 Å².